The smallest absolute Gasteiger partial charge is 0.274 e. The van der Waals surface area contributed by atoms with Gasteiger partial charge in [-0.05, 0) is 43.9 Å². The number of aliphatic hydroxyl groups excluding tert-OH is 1. The first-order valence-electron chi connectivity index (χ1n) is 7.49. The van der Waals surface area contributed by atoms with Crippen molar-refractivity contribution in [3.63, 3.8) is 0 Å². The van der Waals surface area contributed by atoms with Crippen molar-refractivity contribution >= 4 is 10.0 Å². The van der Waals surface area contributed by atoms with Gasteiger partial charge in [0.05, 0.1) is 6.54 Å². The Morgan fingerprint density at radius 3 is 2.90 bits per heavy atom. The van der Waals surface area contributed by atoms with E-state index in [0.717, 1.165) is 32.2 Å². The molecule has 1 aliphatic rings. The van der Waals surface area contributed by atoms with Crippen molar-refractivity contribution in [2.45, 2.75) is 50.3 Å². The Hall–Kier alpha value is -0.890. The van der Waals surface area contributed by atoms with Gasteiger partial charge in [0.15, 0.2) is 0 Å². The van der Waals surface area contributed by atoms with Gasteiger partial charge in [0, 0.05) is 12.6 Å². The van der Waals surface area contributed by atoms with Gasteiger partial charge in [-0.25, -0.2) is 13.1 Å². The molecule has 0 radical (unpaired) electrons. The van der Waals surface area contributed by atoms with Gasteiger partial charge >= 0.3 is 0 Å². The van der Waals surface area contributed by atoms with E-state index in [1.54, 1.807) is 6.07 Å². The first kappa shape index (κ1) is 16.5. The number of hydrogen-bond acceptors (Lipinski definition) is 5. The van der Waals surface area contributed by atoms with Gasteiger partial charge in [0.25, 0.3) is 10.0 Å². The lowest BCUT2D eigenvalue weighted by molar-refractivity contribution is 0.213. The van der Waals surface area contributed by atoms with Gasteiger partial charge in [0.2, 0.25) is 5.09 Å². The molecule has 7 heteroatoms. The number of aliphatic hydroxyl groups is 1. The predicted octanol–water partition coefficient (Wildman–Crippen LogP) is 1.22. The molecule has 0 amide bonds. The molecule has 2 rings (SSSR count). The Morgan fingerprint density at radius 2 is 2.19 bits per heavy atom. The van der Waals surface area contributed by atoms with Crippen molar-refractivity contribution in [2.75, 3.05) is 13.2 Å². The van der Waals surface area contributed by atoms with Gasteiger partial charge in [-0.1, -0.05) is 13.3 Å². The van der Waals surface area contributed by atoms with Crippen LogP contribution in [-0.2, 0) is 16.6 Å². The molecular weight excluding hydrogens is 292 g/mol. The summed E-state index contributed by atoms with van der Waals surface area (Å²) in [5.41, 5.74) is 0. The van der Waals surface area contributed by atoms with Crippen LogP contribution >= 0.6 is 0 Å². The van der Waals surface area contributed by atoms with E-state index in [-0.39, 0.29) is 23.7 Å². The molecule has 0 spiro atoms. The molecule has 0 bridgehead atoms. The van der Waals surface area contributed by atoms with Crippen LogP contribution in [0.15, 0.2) is 21.6 Å². The van der Waals surface area contributed by atoms with Gasteiger partial charge in [-0.15, -0.1) is 0 Å². The minimum atomic E-state index is -3.65. The fourth-order valence-corrected chi connectivity index (χ4v) is 3.94. The SMILES string of the molecule is CCCNCc1ccc(S(=O)(=O)NC2CCCC2CO)o1. The number of sulfonamides is 1. The molecule has 1 aromatic heterocycles. The van der Waals surface area contributed by atoms with Crippen LogP contribution in [0.2, 0.25) is 0 Å². The highest BCUT2D eigenvalue weighted by molar-refractivity contribution is 7.89. The van der Waals surface area contributed by atoms with Crippen molar-refractivity contribution in [3.8, 4) is 0 Å². The second-order valence-electron chi connectivity index (χ2n) is 5.50. The molecule has 1 aromatic rings. The lowest BCUT2D eigenvalue weighted by Crippen LogP contribution is -2.38. The lowest BCUT2D eigenvalue weighted by Gasteiger charge is -2.17. The highest BCUT2D eigenvalue weighted by Gasteiger charge is 2.31. The van der Waals surface area contributed by atoms with E-state index in [2.05, 4.69) is 17.0 Å². The molecule has 3 N–H and O–H groups in total. The molecule has 1 heterocycles. The number of hydrogen-bond donors (Lipinski definition) is 3. The summed E-state index contributed by atoms with van der Waals surface area (Å²) < 4.78 is 32.6. The monoisotopic (exact) mass is 316 g/mol. The van der Waals surface area contributed by atoms with Crippen LogP contribution in [0, 0.1) is 5.92 Å². The topological polar surface area (TPSA) is 91.6 Å². The highest BCUT2D eigenvalue weighted by Crippen LogP contribution is 2.27. The molecule has 21 heavy (non-hydrogen) atoms. The third-order valence-corrected chi connectivity index (χ3v) is 5.19. The number of furan rings is 1. The van der Waals surface area contributed by atoms with Crippen LogP contribution < -0.4 is 10.0 Å². The number of nitrogens with one attached hydrogen (secondary N) is 2. The van der Waals surface area contributed by atoms with Crippen molar-refractivity contribution < 1.29 is 17.9 Å². The van der Waals surface area contributed by atoms with E-state index in [4.69, 9.17) is 4.42 Å². The van der Waals surface area contributed by atoms with Gasteiger partial charge in [0.1, 0.15) is 5.76 Å². The average Bonchev–Trinajstić information content (AvgIpc) is 3.08. The van der Waals surface area contributed by atoms with Crippen LogP contribution in [0.4, 0.5) is 0 Å². The first-order valence-corrected chi connectivity index (χ1v) is 8.97. The second kappa shape index (κ2) is 7.40. The van der Waals surface area contributed by atoms with Crippen molar-refractivity contribution in [1.82, 2.24) is 10.0 Å². The molecular formula is C14H24N2O4S. The average molecular weight is 316 g/mol. The maximum atomic E-state index is 12.3. The Morgan fingerprint density at radius 1 is 1.38 bits per heavy atom. The fourth-order valence-electron chi connectivity index (χ4n) is 2.65. The minimum absolute atomic E-state index is 0.000397. The fraction of sp³-hybridized carbons (Fsp3) is 0.714. The summed E-state index contributed by atoms with van der Waals surface area (Å²) in [6.45, 7) is 3.46. The van der Waals surface area contributed by atoms with E-state index in [1.807, 2.05) is 0 Å². The van der Waals surface area contributed by atoms with Crippen molar-refractivity contribution in [1.29, 1.82) is 0 Å². The minimum Gasteiger partial charge on any atom is -0.447 e. The summed E-state index contributed by atoms with van der Waals surface area (Å²) >= 11 is 0. The van der Waals surface area contributed by atoms with Crippen LogP contribution in [0.3, 0.4) is 0 Å². The summed E-state index contributed by atoms with van der Waals surface area (Å²) in [6.07, 6.45) is 3.56. The van der Waals surface area contributed by atoms with Gasteiger partial charge in [-0.3, -0.25) is 0 Å². The van der Waals surface area contributed by atoms with Crippen LogP contribution in [0.5, 0.6) is 0 Å². The zero-order chi connectivity index (χ0) is 15.3. The molecule has 0 aromatic carbocycles. The predicted molar refractivity (Wildman–Crippen MR) is 79.2 cm³/mol. The van der Waals surface area contributed by atoms with Crippen LogP contribution in [-0.4, -0.2) is 32.7 Å². The quantitative estimate of drug-likeness (QED) is 0.627. The Kier molecular flexibility index (Phi) is 5.80. The summed E-state index contributed by atoms with van der Waals surface area (Å²) in [4.78, 5) is 0. The van der Waals surface area contributed by atoms with Gasteiger partial charge < -0.3 is 14.8 Å². The molecule has 2 unspecified atom stereocenters. The van der Waals surface area contributed by atoms with Gasteiger partial charge in [-0.2, -0.15) is 0 Å². The molecule has 1 fully saturated rings. The molecule has 1 aliphatic carbocycles. The molecule has 2 atom stereocenters. The number of rotatable bonds is 8. The summed E-state index contributed by atoms with van der Waals surface area (Å²) in [6, 6.07) is 2.95. The summed E-state index contributed by atoms with van der Waals surface area (Å²) in [5, 5.41) is 12.4. The van der Waals surface area contributed by atoms with E-state index in [9.17, 15) is 13.5 Å². The molecule has 0 saturated heterocycles. The van der Waals surface area contributed by atoms with Crippen molar-refractivity contribution in [2.24, 2.45) is 5.92 Å². The third kappa shape index (κ3) is 4.29. The Bertz CT molecular complexity index is 541. The Balaban J connectivity index is 1.99. The summed E-state index contributed by atoms with van der Waals surface area (Å²) in [5.74, 6) is 0.606. The molecule has 120 valence electrons. The summed E-state index contributed by atoms with van der Waals surface area (Å²) in [7, 11) is -3.65. The van der Waals surface area contributed by atoms with E-state index >= 15 is 0 Å². The normalized spacial score (nSPS) is 22.8. The zero-order valence-electron chi connectivity index (χ0n) is 12.3. The maximum absolute atomic E-state index is 12.3. The third-order valence-electron chi connectivity index (χ3n) is 3.83. The first-order chi connectivity index (χ1) is 10.1. The Labute approximate surface area is 126 Å². The lowest BCUT2D eigenvalue weighted by atomic mass is 10.1. The standard InChI is InChI=1S/C14H24N2O4S/c1-2-8-15-9-12-6-7-14(20-12)21(18,19)16-13-5-3-4-11(13)10-17/h6-7,11,13,15-17H,2-5,8-10H2,1H3. The molecule has 6 nitrogen and oxygen atoms in total. The maximum Gasteiger partial charge on any atom is 0.274 e. The molecule has 0 aliphatic heterocycles. The zero-order valence-corrected chi connectivity index (χ0v) is 13.2. The van der Waals surface area contributed by atoms with Crippen molar-refractivity contribution in [3.05, 3.63) is 17.9 Å². The highest BCUT2D eigenvalue weighted by atomic mass is 32.2. The molecule has 1 saturated carbocycles. The van der Waals surface area contributed by atoms with Crippen LogP contribution in [0.25, 0.3) is 0 Å². The van der Waals surface area contributed by atoms with E-state index in [1.165, 1.54) is 6.07 Å². The second-order valence-corrected chi connectivity index (χ2v) is 7.14. The van der Waals surface area contributed by atoms with E-state index in [0.29, 0.717) is 12.3 Å². The van der Waals surface area contributed by atoms with E-state index < -0.39 is 10.0 Å². The largest absolute Gasteiger partial charge is 0.447 e. The van der Waals surface area contributed by atoms with Crippen LogP contribution in [0.1, 0.15) is 38.4 Å².